The van der Waals surface area contributed by atoms with Crippen LogP contribution in [0.3, 0.4) is 0 Å². The van der Waals surface area contributed by atoms with Crippen LogP contribution in [0.25, 0.3) is 0 Å². The van der Waals surface area contributed by atoms with Gasteiger partial charge < -0.3 is 4.74 Å². The minimum Gasteiger partial charge on any atom is -0.469 e. The van der Waals surface area contributed by atoms with Gasteiger partial charge in [-0.2, -0.15) is 0 Å². The molecule has 1 unspecified atom stereocenters. The summed E-state index contributed by atoms with van der Waals surface area (Å²) in [6.07, 6.45) is 19.2. The van der Waals surface area contributed by atoms with Gasteiger partial charge in [-0.1, -0.05) is 84.5 Å². The quantitative estimate of drug-likeness (QED) is 0.182. The molecule has 0 N–H and O–H groups in total. The number of unbranched alkanes of at least 4 members (excludes halogenated alkanes) is 10. The molecule has 1 atom stereocenters. The maximum absolute atomic E-state index is 12.3. The molecule has 0 bridgehead atoms. The highest BCUT2D eigenvalue weighted by molar-refractivity contribution is 5.80. The van der Waals surface area contributed by atoms with E-state index in [9.17, 15) is 9.59 Å². The third-order valence-electron chi connectivity index (χ3n) is 5.27. The Kier molecular flexibility index (Phi) is 18.3. The predicted molar refractivity (Wildman–Crippen MR) is 110 cm³/mol. The van der Waals surface area contributed by atoms with E-state index in [-0.39, 0.29) is 5.97 Å². The molecule has 3 nitrogen and oxygen atoms in total. The van der Waals surface area contributed by atoms with E-state index in [0.29, 0.717) is 18.1 Å². The molecule has 3 heteroatoms. The van der Waals surface area contributed by atoms with E-state index in [0.717, 1.165) is 38.5 Å². The van der Waals surface area contributed by atoms with Crippen LogP contribution in [0.4, 0.5) is 0 Å². The van der Waals surface area contributed by atoms with Crippen molar-refractivity contribution in [3.8, 4) is 0 Å². The molecule has 0 amide bonds. The molecule has 0 radical (unpaired) electrons. The molecule has 0 saturated carbocycles. The van der Waals surface area contributed by atoms with Crippen molar-refractivity contribution in [3.05, 3.63) is 0 Å². The first-order valence-corrected chi connectivity index (χ1v) is 11.2. The summed E-state index contributed by atoms with van der Waals surface area (Å²) in [4.78, 5) is 23.3. The minimum absolute atomic E-state index is 0.0909. The molecule has 0 aliphatic carbocycles. The third kappa shape index (κ3) is 15.4. The highest BCUT2D eigenvalue weighted by atomic mass is 16.5. The number of hydrogen-bond donors (Lipinski definition) is 0. The van der Waals surface area contributed by atoms with E-state index in [2.05, 4.69) is 18.6 Å². The molecular formula is C23H44O3. The summed E-state index contributed by atoms with van der Waals surface area (Å²) in [5.41, 5.74) is 0. The lowest BCUT2D eigenvalue weighted by molar-refractivity contribution is -0.140. The second kappa shape index (κ2) is 18.9. The van der Waals surface area contributed by atoms with Crippen molar-refractivity contribution in [2.75, 3.05) is 7.11 Å². The van der Waals surface area contributed by atoms with Gasteiger partial charge in [-0.05, 0) is 25.7 Å². The van der Waals surface area contributed by atoms with Gasteiger partial charge in [0.2, 0.25) is 0 Å². The smallest absolute Gasteiger partial charge is 0.305 e. The zero-order chi connectivity index (χ0) is 19.5. The van der Waals surface area contributed by atoms with Gasteiger partial charge in [-0.25, -0.2) is 0 Å². The Balaban J connectivity index is 3.67. The number of hydrogen-bond acceptors (Lipinski definition) is 3. The van der Waals surface area contributed by atoms with Gasteiger partial charge in [0.05, 0.1) is 7.11 Å². The largest absolute Gasteiger partial charge is 0.469 e. The lowest BCUT2D eigenvalue weighted by atomic mass is 9.89. The molecule has 0 aliphatic heterocycles. The van der Waals surface area contributed by atoms with E-state index in [4.69, 9.17) is 0 Å². The summed E-state index contributed by atoms with van der Waals surface area (Å²) < 4.78 is 4.65. The fourth-order valence-electron chi connectivity index (χ4n) is 3.56. The Morgan fingerprint density at radius 3 is 1.65 bits per heavy atom. The molecule has 0 aromatic rings. The third-order valence-corrected chi connectivity index (χ3v) is 5.27. The van der Waals surface area contributed by atoms with Crippen molar-refractivity contribution >= 4 is 11.8 Å². The fourth-order valence-corrected chi connectivity index (χ4v) is 3.56. The number of methoxy groups -OCH3 is 1. The first-order valence-electron chi connectivity index (χ1n) is 11.2. The lowest BCUT2D eigenvalue weighted by Crippen LogP contribution is -2.14. The number of carbonyl (C=O) groups excluding carboxylic acids is 2. The summed E-state index contributed by atoms with van der Waals surface area (Å²) in [6, 6.07) is 0. The SMILES string of the molecule is CCCCCCC(CCCCCCCCCCC(=O)OC)C(=O)CCC. The number of carbonyl (C=O) groups is 2. The van der Waals surface area contributed by atoms with Crippen LogP contribution in [0.1, 0.15) is 123 Å². The minimum atomic E-state index is -0.0909. The van der Waals surface area contributed by atoms with Crippen LogP contribution < -0.4 is 0 Å². The Hall–Kier alpha value is -0.860. The molecule has 26 heavy (non-hydrogen) atoms. The zero-order valence-electron chi connectivity index (χ0n) is 17.8. The number of ketones is 1. The van der Waals surface area contributed by atoms with Gasteiger partial charge in [0.25, 0.3) is 0 Å². The first-order chi connectivity index (χ1) is 12.7. The first kappa shape index (κ1) is 25.1. The van der Waals surface area contributed by atoms with Crippen molar-refractivity contribution in [3.63, 3.8) is 0 Å². The zero-order valence-corrected chi connectivity index (χ0v) is 17.8. The molecule has 154 valence electrons. The molecule has 0 fully saturated rings. The second-order valence-corrected chi connectivity index (χ2v) is 7.71. The number of esters is 1. The molecule has 0 spiro atoms. The molecule has 0 aliphatic rings. The van der Waals surface area contributed by atoms with Gasteiger partial charge in [0, 0.05) is 18.8 Å². The highest BCUT2D eigenvalue weighted by Crippen LogP contribution is 2.21. The van der Waals surface area contributed by atoms with Crippen LogP contribution in [0, 0.1) is 5.92 Å². The summed E-state index contributed by atoms with van der Waals surface area (Å²) in [5, 5.41) is 0. The summed E-state index contributed by atoms with van der Waals surface area (Å²) >= 11 is 0. The Morgan fingerprint density at radius 2 is 1.15 bits per heavy atom. The van der Waals surface area contributed by atoms with Gasteiger partial charge >= 0.3 is 5.97 Å². The van der Waals surface area contributed by atoms with Crippen LogP contribution in [0.5, 0.6) is 0 Å². The molecule has 0 saturated heterocycles. The fraction of sp³-hybridized carbons (Fsp3) is 0.913. The Morgan fingerprint density at radius 1 is 0.654 bits per heavy atom. The van der Waals surface area contributed by atoms with Crippen LogP contribution in [-0.4, -0.2) is 18.9 Å². The molecule has 0 rings (SSSR count). The van der Waals surface area contributed by atoms with Gasteiger partial charge in [0.15, 0.2) is 0 Å². The average Bonchev–Trinajstić information content (AvgIpc) is 2.64. The second-order valence-electron chi connectivity index (χ2n) is 7.71. The molecule has 0 aromatic carbocycles. The molecular weight excluding hydrogens is 324 g/mol. The lowest BCUT2D eigenvalue weighted by Gasteiger charge is -2.15. The van der Waals surface area contributed by atoms with Crippen molar-refractivity contribution in [1.29, 1.82) is 0 Å². The van der Waals surface area contributed by atoms with E-state index >= 15 is 0 Å². The van der Waals surface area contributed by atoms with Crippen molar-refractivity contribution in [1.82, 2.24) is 0 Å². The van der Waals surface area contributed by atoms with Gasteiger partial charge in [-0.3, -0.25) is 9.59 Å². The normalized spacial score (nSPS) is 12.1. The Bertz CT molecular complexity index is 338. The van der Waals surface area contributed by atoms with Crippen molar-refractivity contribution in [2.24, 2.45) is 5.92 Å². The van der Waals surface area contributed by atoms with Gasteiger partial charge in [-0.15, -0.1) is 0 Å². The van der Waals surface area contributed by atoms with E-state index < -0.39 is 0 Å². The van der Waals surface area contributed by atoms with Gasteiger partial charge in [0.1, 0.15) is 5.78 Å². The molecule has 0 aromatic heterocycles. The number of Topliss-reactive ketones (excluding diaryl/α,β-unsaturated/α-hetero) is 1. The molecule has 0 heterocycles. The average molecular weight is 369 g/mol. The predicted octanol–water partition coefficient (Wildman–Crippen LogP) is 7.02. The monoisotopic (exact) mass is 368 g/mol. The summed E-state index contributed by atoms with van der Waals surface area (Å²) in [5.74, 6) is 0.742. The number of rotatable bonds is 19. The maximum atomic E-state index is 12.3. The summed E-state index contributed by atoms with van der Waals surface area (Å²) in [6.45, 7) is 4.34. The topological polar surface area (TPSA) is 43.4 Å². The summed E-state index contributed by atoms with van der Waals surface area (Å²) in [7, 11) is 1.45. The van der Waals surface area contributed by atoms with Crippen molar-refractivity contribution in [2.45, 2.75) is 123 Å². The van der Waals surface area contributed by atoms with Crippen LogP contribution in [-0.2, 0) is 14.3 Å². The number of ether oxygens (including phenoxy) is 1. The van der Waals surface area contributed by atoms with Crippen LogP contribution in [0.2, 0.25) is 0 Å². The van der Waals surface area contributed by atoms with Crippen molar-refractivity contribution < 1.29 is 14.3 Å². The standard InChI is InChI=1S/C23H44O3/c1-4-6-7-14-18-21(22(24)17-5-2)19-15-12-10-8-9-11-13-16-20-23(25)26-3/h21H,4-20H2,1-3H3. The van der Waals surface area contributed by atoms with E-state index in [1.54, 1.807) is 0 Å². The van der Waals surface area contributed by atoms with Crippen LogP contribution >= 0.6 is 0 Å². The maximum Gasteiger partial charge on any atom is 0.305 e. The Labute approximate surface area is 162 Å². The van der Waals surface area contributed by atoms with Crippen LogP contribution in [0.15, 0.2) is 0 Å². The van der Waals surface area contributed by atoms with E-state index in [1.165, 1.54) is 71.3 Å². The van der Waals surface area contributed by atoms with E-state index in [1.807, 2.05) is 0 Å². The highest BCUT2D eigenvalue weighted by Gasteiger charge is 2.16.